The predicted molar refractivity (Wildman–Crippen MR) is 54.4 cm³/mol. The molecule has 4 nitrogen and oxygen atoms in total. The summed E-state index contributed by atoms with van der Waals surface area (Å²) < 4.78 is 76.1. The second-order valence-electron chi connectivity index (χ2n) is 3.88. The van der Waals surface area contributed by atoms with E-state index >= 15 is 0 Å². The molecule has 0 aromatic heterocycles. The quantitative estimate of drug-likeness (QED) is 0.664. The zero-order valence-electron chi connectivity index (χ0n) is 9.79. The molecule has 0 heterocycles. The molecule has 0 bridgehead atoms. The average molecular weight is 316 g/mol. The highest BCUT2D eigenvalue weighted by atomic mass is 19.4. The number of alkyl halides is 6. The smallest absolute Gasteiger partial charge is 0.417 e. The molecule has 10 heteroatoms. The largest absolute Gasteiger partial charge is 0.479 e. The van der Waals surface area contributed by atoms with Crippen LogP contribution in [-0.4, -0.2) is 22.5 Å². The Morgan fingerprint density at radius 3 is 1.95 bits per heavy atom. The number of carboxylic acids is 1. The maximum atomic E-state index is 12.8. The molecule has 0 aliphatic carbocycles. The normalized spacial score (nSPS) is 13.9. The van der Waals surface area contributed by atoms with Crippen molar-refractivity contribution in [3.05, 3.63) is 34.4 Å². The summed E-state index contributed by atoms with van der Waals surface area (Å²) in [6, 6.07) is -0.206. The van der Waals surface area contributed by atoms with Gasteiger partial charge in [-0.15, -0.1) is 0 Å². The number of benzene rings is 1. The van der Waals surface area contributed by atoms with Crippen LogP contribution in [0.2, 0.25) is 0 Å². The number of hydrogen-bond acceptors (Lipinski definition) is 3. The zero-order valence-corrected chi connectivity index (χ0v) is 9.79. The third kappa shape index (κ3) is 3.51. The lowest BCUT2D eigenvalue weighted by Gasteiger charge is -2.19. The Hall–Kier alpha value is -2.10. The Balaban J connectivity index is 3.77. The van der Waals surface area contributed by atoms with Crippen LogP contribution in [0.4, 0.5) is 26.3 Å². The van der Waals surface area contributed by atoms with Crippen LogP contribution in [-0.2, 0) is 17.1 Å². The first-order valence-electron chi connectivity index (χ1n) is 5.08. The molecule has 1 aromatic rings. The van der Waals surface area contributed by atoms with Crippen LogP contribution in [0.3, 0.4) is 0 Å². The molecule has 1 unspecified atom stereocenters. The number of aliphatic hydroxyl groups excluding tert-OH is 1. The molecule has 116 valence electrons. The molecule has 0 aliphatic rings. The number of carbonyl (C=O) groups is 2. The first-order chi connectivity index (χ1) is 9.39. The minimum atomic E-state index is -5.31. The summed E-state index contributed by atoms with van der Waals surface area (Å²) in [5.41, 5.74) is -6.55. The van der Waals surface area contributed by atoms with Crippen molar-refractivity contribution >= 4 is 12.3 Å². The monoisotopic (exact) mass is 316 g/mol. The average Bonchev–Trinajstić information content (AvgIpc) is 2.33. The van der Waals surface area contributed by atoms with E-state index in [1.165, 1.54) is 0 Å². The Bertz CT molecular complexity index is 575. The summed E-state index contributed by atoms with van der Waals surface area (Å²) in [4.78, 5) is 21.2. The molecule has 0 saturated heterocycles. The van der Waals surface area contributed by atoms with E-state index in [4.69, 9.17) is 10.2 Å². The van der Waals surface area contributed by atoms with Gasteiger partial charge in [-0.1, -0.05) is 0 Å². The van der Waals surface area contributed by atoms with E-state index in [1.54, 1.807) is 0 Å². The van der Waals surface area contributed by atoms with Gasteiger partial charge in [0, 0.05) is 11.1 Å². The lowest BCUT2D eigenvalue weighted by Crippen LogP contribution is -2.21. The van der Waals surface area contributed by atoms with Crippen molar-refractivity contribution in [1.29, 1.82) is 0 Å². The summed E-state index contributed by atoms with van der Waals surface area (Å²) in [7, 11) is 0. The van der Waals surface area contributed by atoms with E-state index in [2.05, 4.69) is 0 Å². The highest BCUT2D eigenvalue weighted by Gasteiger charge is 2.42. The number of aliphatic carboxylic acids is 1. The van der Waals surface area contributed by atoms with Crippen molar-refractivity contribution < 1.29 is 46.1 Å². The van der Waals surface area contributed by atoms with Crippen molar-refractivity contribution in [3.63, 3.8) is 0 Å². The summed E-state index contributed by atoms with van der Waals surface area (Å²) in [5.74, 6) is -2.18. The summed E-state index contributed by atoms with van der Waals surface area (Å²) in [6.07, 6.45) is -13.8. The van der Waals surface area contributed by atoms with Gasteiger partial charge >= 0.3 is 18.3 Å². The summed E-state index contributed by atoms with van der Waals surface area (Å²) in [6.45, 7) is 0. The van der Waals surface area contributed by atoms with Crippen molar-refractivity contribution in [3.8, 4) is 0 Å². The topological polar surface area (TPSA) is 74.6 Å². The van der Waals surface area contributed by atoms with E-state index in [0.717, 1.165) is 0 Å². The predicted octanol–water partition coefficient (Wildman–Crippen LogP) is 2.65. The minimum Gasteiger partial charge on any atom is -0.479 e. The van der Waals surface area contributed by atoms with E-state index in [9.17, 15) is 35.9 Å². The first-order valence-corrected chi connectivity index (χ1v) is 5.08. The van der Waals surface area contributed by atoms with Crippen LogP contribution in [0.5, 0.6) is 0 Å². The van der Waals surface area contributed by atoms with Gasteiger partial charge < -0.3 is 10.2 Å². The van der Waals surface area contributed by atoms with Crippen molar-refractivity contribution in [1.82, 2.24) is 0 Å². The van der Waals surface area contributed by atoms with Gasteiger partial charge in [0.2, 0.25) is 0 Å². The first kappa shape index (κ1) is 17.0. The summed E-state index contributed by atoms with van der Waals surface area (Å²) in [5, 5.41) is 17.7. The lowest BCUT2D eigenvalue weighted by molar-refractivity contribution is -0.150. The molecule has 1 rings (SSSR count). The molecule has 0 aliphatic heterocycles. The molecule has 2 N–H and O–H groups in total. The van der Waals surface area contributed by atoms with Gasteiger partial charge in [0.1, 0.15) is 0 Å². The van der Waals surface area contributed by atoms with Crippen LogP contribution in [0.25, 0.3) is 0 Å². The van der Waals surface area contributed by atoms with Gasteiger partial charge in [-0.3, -0.25) is 4.79 Å². The number of carboxylic acid groups (broad SMARTS) is 1. The zero-order chi connectivity index (χ0) is 16.6. The van der Waals surface area contributed by atoms with E-state index < -0.39 is 53.0 Å². The molecule has 0 spiro atoms. The van der Waals surface area contributed by atoms with Crippen molar-refractivity contribution in [2.45, 2.75) is 18.5 Å². The number of halogens is 6. The molecule has 0 saturated carbocycles. The van der Waals surface area contributed by atoms with Crippen LogP contribution >= 0.6 is 0 Å². The Labute approximate surface area is 112 Å². The molecule has 0 fully saturated rings. The Morgan fingerprint density at radius 2 is 1.62 bits per heavy atom. The van der Waals surface area contributed by atoms with Gasteiger partial charge in [0.15, 0.2) is 12.4 Å². The minimum absolute atomic E-state index is 0.0616. The second kappa shape index (κ2) is 5.35. The second-order valence-corrected chi connectivity index (χ2v) is 3.88. The maximum Gasteiger partial charge on any atom is 0.417 e. The number of rotatable bonds is 3. The number of hydrogen-bond donors (Lipinski definition) is 2. The van der Waals surface area contributed by atoms with E-state index in [1.807, 2.05) is 0 Å². The Morgan fingerprint density at radius 1 is 1.10 bits per heavy atom. The summed E-state index contributed by atoms with van der Waals surface area (Å²) >= 11 is 0. The maximum absolute atomic E-state index is 12.8. The molecule has 0 amide bonds. The van der Waals surface area contributed by atoms with Crippen LogP contribution in [0, 0.1) is 0 Å². The fourth-order valence-electron chi connectivity index (χ4n) is 1.62. The van der Waals surface area contributed by atoms with Crippen molar-refractivity contribution in [2.75, 3.05) is 0 Å². The van der Waals surface area contributed by atoms with Gasteiger partial charge in [-0.05, 0) is 12.1 Å². The van der Waals surface area contributed by atoms with Crippen LogP contribution in [0.1, 0.15) is 33.2 Å². The molecule has 1 atom stereocenters. The fraction of sp³-hybridized carbons (Fsp3) is 0.273. The van der Waals surface area contributed by atoms with E-state index in [0.29, 0.717) is 0 Å². The van der Waals surface area contributed by atoms with Gasteiger partial charge in [-0.25, -0.2) is 4.79 Å². The molecule has 1 aromatic carbocycles. The van der Waals surface area contributed by atoms with E-state index in [-0.39, 0.29) is 12.1 Å². The number of carbonyl (C=O) groups excluding carboxylic acids is 1. The van der Waals surface area contributed by atoms with Crippen molar-refractivity contribution in [2.24, 2.45) is 0 Å². The molecule has 0 radical (unpaired) electrons. The van der Waals surface area contributed by atoms with Crippen LogP contribution in [0.15, 0.2) is 12.1 Å². The third-order valence-electron chi connectivity index (χ3n) is 2.47. The lowest BCUT2D eigenvalue weighted by atomic mass is 9.94. The molecule has 21 heavy (non-hydrogen) atoms. The Kier molecular flexibility index (Phi) is 4.32. The van der Waals surface area contributed by atoms with Gasteiger partial charge in [0.05, 0.1) is 11.1 Å². The highest BCUT2D eigenvalue weighted by Crippen LogP contribution is 2.40. The fourth-order valence-corrected chi connectivity index (χ4v) is 1.62. The van der Waals surface area contributed by atoms with Crippen LogP contribution < -0.4 is 0 Å². The third-order valence-corrected chi connectivity index (χ3v) is 2.47. The SMILES string of the molecule is O=Cc1cc(C(F)(F)F)cc(C(O)C(=O)O)c1C(F)(F)F. The number of aldehydes is 1. The highest BCUT2D eigenvalue weighted by molar-refractivity contribution is 5.82. The van der Waals surface area contributed by atoms with Gasteiger partial charge in [-0.2, -0.15) is 26.3 Å². The molecular formula is C11H6F6O4. The standard InChI is InChI=1S/C11H6F6O4/c12-10(13,14)5-1-4(3-18)7(11(15,16)17)6(2-5)8(19)9(20)21/h1-3,8,19H,(H,20,21). The number of aliphatic hydroxyl groups is 1. The molecular weight excluding hydrogens is 310 g/mol. The van der Waals surface area contributed by atoms with Gasteiger partial charge in [0.25, 0.3) is 0 Å².